The Kier molecular flexibility index (Phi) is 5.89. The minimum absolute atomic E-state index is 0.304. The van der Waals surface area contributed by atoms with E-state index in [1.165, 1.54) is 14.0 Å². The van der Waals surface area contributed by atoms with E-state index in [2.05, 4.69) is 5.32 Å². The highest BCUT2D eigenvalue weighted by Crippen LogP contribution is 2.35. The first-order valence-electron chi connectivity index (χ1n) is 7.50. The fraction of sp³-hybridized carbons (Fsp3) is 0.533. The highest BCUT2D eigenvalue weighted by Gasteiger charge is 2.30. The summed E-state index contributed by atoms with van der Waals surface area (Å²) in [6.07, 6.45) is 1.06. The first-order chi connectivity index (χ1) is 11.3. The third-order valence-corrected chi connectivity index (χ3v) is 4.72. The minimum atomic E-state index is -3.67. The molecule has 134 valence electrons. The molecule has 0 saturated heterocycles. The average Bonchev–Trinajstić information content (AvgIpc) is 2.53. The van der Waals surface area contributed by atoms with Gasteiger partial charge in [-0.3, -0.25) is 9.10 Å². The van der Waals surface area contributed by atoms with E-state index in [-0.39, 0.29) is 0 Å². The van der Waals surface area contributed by atoms with Crippen molar-refractivity contribution >= 4 is 21.6 Å². The number of carbonyl (C=O) groups is 1. The van der Waals surface area contributed by atoms with E-state index in [0.717, 1.165) is 10.6 Å². The van der Waals surface area contributed by atoms with Gasteiger partial charge in [-0.15, -0.1) is 0 Å². The maximum Gasteiger partial charge on any atom is 0.243 e. The SMILES string of the molecule is COCCNC(=O)[C@H](C)N(c1ccc2c(c1)OCCO2)S(C)(=O)=O. The molecule has 1 heterocycles. The van der Waals surface area contributed by atoms with Crippen molar-refractivity contribution in [1.29, 1.82) is 0 Å². The summed E-state index contributed by atoms with van der Waals surface area (Å²) in [5.41, 5.74) is 0.344. The van der Waals surface area contributed by atoms with E-state index in [4.69, 9.17) is 14.2 Å². The minimum Gasteiger partial charge on any atom is -0.486 e. The summed E-state index contributed by atoms with van der Waals surface area (Å²) in [5.74, 6) is 0.599. The Morgan fingerprint density at radius 2 is 2.00 bits per heavy atom. The lowest BCUT2D eigenvalue weighted by molar-refractivity contribution is -0.122. The number of amides is 1. The predicted molar refractivity (Wildman–Crippen MR) is 89.1 cm³/mol. The molecule has 8 nitrogen and oxygen atoms in total. The number of hydrogen-bond donors (Lipinski definition) is 1. The summed E-state index contributed by atoms with van der Waals surface area (Å²) in [7, 11) is -2.15. The molecule has 1 N–H and O–H groups in total. The van der Waals surface area contributed by atoms with Crippen molar-refractivity contribution in [2.75, 3.05) is 44.0 Å². The lowest BCUT2D eigenvalue weighted by Crippen LogP contribution is -2.48. The van der Waals surface area contributed by atoms with E-state index in [1.54, 1.807) is 18.2 Å². The number of methoxy groups -OCH3 is 1. The van der Waals surface area contributed by atoms with Gasteiger partial charge in [0.1, 0.15) is 19.3 Å². The number of benzene rings is 1. The van der Waals surface area contributed by atoms with E-state index in [0.29, 0.717) is 43.6 Å². The third kappa shape index (κ3) is 4.30. The van der Waals surface area contributed by atoms with Crippen LogP contribution in [-0.4, -0.2) is 60.1 Å². The Balaban J connectivity index is 2.27. The van der Waals surface area contributed by atoms with Crippen LogP contribution in [0.15, 0.2) is 18.2 Å². The molecule has 0 aromatic heterocycles. The van der Waals surface area contributed by atoms with Crippen LogP contribution < -0.4 is 19.1 Å². The van der Waals surface area contributed by atoms with Crippen molar-refractivity contribution in [3.8, 4) is 11.5 Å². The second-order valence-corrected chi connectivity index (χ2v) is 7.21. The maximum atomic E-state index is 12.2. The Morgan fingerprint density at radius 3 is 2.62 bits per heavy atom. The van der Waals surface area contributed by atoms with E-state index < -0.39 is 22.0 Å². The molecule has 0 saturated carbocycles. The van der Waals surface area contributed by atoms with Gasteiger partial charge in [0.05, 0.1) is 18.6 Å². The zero-order valence-electron chi connectivity index (χ0n) is 13.9. The van der Waals surface area contributed by atoms with Crippen molar-refractivity contribution < 1.29 is 27.4 Å². The molecule has 1 aromatic rings. The van der Waals surface area contributed by atoms with Gasteiger partial charge in [0.25, 0.3) is 0 Å². The summed E-state index contributed by atoms with van der Waals surface area (Å²) in [5, 5.41) is 2.64. The molecule has 24 heavy (non-hydrogen) atoms. The monoisotopic (exact) mass is 358 g/mol. The summed E-state index contributed by atoms with van der Waals surface area (Å²) < 4.78 is 41.3. The Labute approximate surface area is 141 Å². The highest BCUT2D eigenvalue weighted by atomic mass is 32.2. The smallest absolute Gasteiger partial charge is 0.243 e. The molecule has 0 aliphatic carbocycles. The molecule has 1 amide bonds. The average molecular weight is 358 g/mol. The largest absolute Gasteiger partial charge is 0.486 e. The number of fused-ring (bicyclic) bond motifs is 1. The molecule has 1 aliphatic heterocycles. The van der Waals surface area contributed by atoms with Crippen LogP contribution >= 0.6 is 0 Å². The molecule has 0 spiro atoms. The first-order valence-corrected chi connectivity index (χ1v) is 9.35. The van der Waals surface area contributed by atoms with Crippen LogP contribution in [0.2, 0.25) is 0 Å². The topological polar surface area (TPSA) is 94.2 Å². The standard InChI is InChI=1S/C15H22N2O6S/c1-11(15(18)16-6-7-21-2)17(24(3,19)20)12-4-5-13-14(10-12)23-9-8-22-13/h4-5,10-11H,6-9H2,1-3H3,(H,16,18)/t11-/m0/s1. The molecule has 0 bridgehead atoms. The first kappa shape index (κ1) is 18.3. The normalized spacial score (nSPS) is 14.8. The van der Waals surface area contributed by atoms with Gasteiger partial charge in [-0.25, -0.2) is 8.42 Å². The number of rotatable bonds is 7. The summed E-state index contributed by atoms with van der Waals surface area (Å²) in [6, 6.07) is 3.87. The molecule has 2 rings (SSSR count). The fourth-order valence-corrected chi connectivity index (χ4v) is 3.57. The quantitative estimate of drug-likeness (QED) is 0.708. The highest BCUT2D eigenvalue weighted by molar-refractivity contribution is 7.92. The Bertz CT molecular complexity index is 691. The van der Waals surface area contributed by atoms with Crippen LogP contribution in [0, 0.1) is 0 Å². The molecule has 1 aliphatic rings. The number of anilines is 1. The lowest BCUT2D eigenvalue weighted by atomic mass is 10.2. The van der Waals surface area contributed by atoms with Crippen LogP contribution in [-0.2, 0) is 19.6 Å². The zero-order valence-corrected chi connectivity index (χ0v) is 14.8. The summed E-state index contributed by atoms with van der Waals surface area (Å²) in [6.45, 7) is 3.02. The van der Waals surface area contributed by atoms with Gasteiger partial charge < -0.3 is 19.5 Å². The van der Waals surface area contributed by atoms with Crippen LogP contribution in [0.5, 0.6) is 11.5 Å². The van der Waals surface area contributed by atoms with E-state index >= 15 is 0 Å². The number of sulfonamides is 1. The molecule has 0 fully saturated rings. The Hall–Kier alpha value is -2.00. The number of hydrogen-bond acceptors (Lipinski definition) is 6. The van der Waals surface area contributed by atoms with Gasteiger partial charge >= 0.3 is 0 Å². The van der Waals surface area contributed by atoms with Gasteiger partial charge in [0, 0.05) is 19.7 Å². The van der Waals surface area contributed by atoms with Crippen LogP contribution in [0.25, 0.3) is 0 Å². The third-order valence-electron chi connectivity index (χ3n) is 3.47. The van der Waals surface area contributed by atoms with Crippen LogP contribution in [0.1, 0.15) is 6.92 Å². The van der Waals surface area contributed by atoms with Gasteiger partial charge in [-0.2, -0.15) is 0 Å². The molecule has 9 heteroatoms. The van der Waals surface area contributed by atoms with E-state index in [9.17, 15) is 13.2 Å². The maximum absolute atomic E-state index is 12.2. The van der Waals surface area contributed by atoms with Gasteiger partial charge in [0.2, 0.25) is 15.9 Å². The van der Waals surface area contributed by atoms with Crippen LogP contribution in [0.4, 0.5) is 5.69 Å². The molecule has 0 unspecified atom stereocenters. The lowest BCUT2D eigenvalue weighted by Gasteiger charge is -2.29. The number of carbonyl (C=O) groups excluding carboxylic acids is 1. The second kappa shape index (κ2) is 7.71. The number of ether oxygens (including phenoxy) is 3. The number of nitrogens with zero attached hydrogens (tertiary/aromatic N) is 1. The van der Waals surface area contributed by atoms with Crippen molar-refractivity contribution in [3.63, 3.8) is 0 Å². The predicted octanol–water partition coefficient (Wildman–Crippen LogP) is 0.375. The zero-order chi connectivity index (χ0) is 17.7. The van der Waals surface area contributed by atoms with Crippen molar-refractivity contribution in [2.45, 2.75) is 13.0 Å². The molecule has 0 radical (unpaired) electrons. The van der Waals surface area contributed by atoms with Gasteiger partial charge in [-0.05, 0) is 19.1 Å². The van der Waals surface area contributed by atoms with Crippen LogP contribution in [0.3, 0.4) is 0 Å². The van der Waals surface area contributed by atoms with Gasteiger partial charge in [0.15, 0.2) is 11.5 Å². The number of nitrogens with one attached hydrogen (secondary N) is 1. The van der Waals surface area contributed by atoms with Crippen molar-refractivity contribution in [2.24, 2.45) is 0 Å². The molecular formula is C15H22N2O6S. The Morgan fingerprint density at radius 1 is 1.33 bits per heavy atom. The second-order valence-electron chi connectivity index (χ2n) is 5.35. The summed E-state index contributed by atoms with van der Waals surface area (Å²) >= 11 is 0. The van der Waals surface area contributed by atoms with Crippen molar-refractivity contribution in [3.05, 3.63) is 18.2 Å². The molecular weight excluding hydrogens is 336 g/mol. The van der Waals surface area contributed by atoms with Gasteiger partial charge in [-0.1, -0.05) is 0 Å². The fourth-order valence-electron chi connectivity index (χ4n) is 2.40. The van der Waals surface area contributed by atoms with Crippen molar-refractivity contribution in [1.82, 2.24) is 5.32 Å². The molecule has 1 aromatic carbocycles. The summed E-state index contributed by atoms with van der Waals surface area (Å²) in [4.78, 5) is 12.2. The van der Waals surface area contributed by atoms with E-state index in [1.807, 2.05) is 0 Å². The molecule has 1 atom stereocenters.